The van der Waals surface area contributed by atoms with E-state index in [4.69, 9.17) is 0 Å². The fourth-order valence-corrected chi connectivity index (χ4v) is 2.78. The summed E-state index contributed by atoms with van der Waals surface area (Å²) in [6, 6.07) is 0.0902. The molecule has 2 aliphatic rings. The number of hydrogen-bond donors (Lipinski definition) is 2. The molecule has 2 saturated heterocycles. The zero-order valence-corrected chi connectivity index (χ0v) is 8.98. The van der Waals surface area contributed by atoms with Gasteiger partial charge in [-0.1, -0.05) is 0 Å². The van der Waals surface area contributed by atoms with Crippen LogP contribution < -0.4 is 10.6 Å². The van der Waals surface area contributed by atoms with E-state index in [2.05, 4.69) is 10.6 Å². The van der Waals surface area contributed by atoms with Crippen molar-refractivity contribution in [3.63, 3.8) is 0 Å². The lowest BCUT2D eigenvalue weighted by molar-refractivity contribution is 0.0481. The first-order chi connectivity index (χ1) is 6.71. The quantitative estimate of drug-likeness (QED) is 0.705. The molecule has 0 aromatic carbocycles. The van der Waals surface area contributed by atoms with Crippen molar-refractivity contribution in [1.82, 2.24) is 10.6 Å². The molecule has 2 heterocycles. The first-order valence-corrected chi connectivity index (χ1v) is 5.84. The van der Waals surface area contributed by atoms with Crippen LogP contribution in [-0.4, -0.2) is 31.3 Å². The fourth-order valence-electron chi connectivity index (χ4n) is 2.78. The first-order valence-electron chi connectivity index (χ1n) is 5.84. The molecular weight excluding hydrogens is 179 g/mol. The van der Waals surface area contributed by atoms with E-state index in [0.717, 1.165) is 45.3 Å². The zero-order valence-electron chi connectivity index (χ0n) is 8.98. The van der Waals surface area contributed by atoms with E-state index in [1.165, 1.54) is 0 Å². The lowest BCUT2D eigenvalue weighted by Gasteiger charge is -2.38. The summed E-state index contributed by atoms with van der Waals surface area (Å²) >= 11 is 0. The van der Waals surface area contributed by atoms with Crippen molar-refractivity contribution in [1.29, 1.82) is 0 Å². The third-order valence-corrected chi connectivity index (χ3v) is 3.84. The Kier molecular flexibility index (Phi) is 3.07. The lowest BCUT2D eigenvalue weighted by atomic mass is 9.79. The molecular formula is C11H21FN2. The summed E-state index contributed by atoms with van der Waals surface area (Å²) in [7, 11) is 0. The maximum Gasteiger partial charge on any atom is 0.127 e. The van der Waals surface area contributed by atoms with Gasteiger partial charge in [0.15, 0.2) is 0 Å². The summed E-state index contributed by atoms with van der Waals surface area (Å²) in [4.78, 5) is 0. The van der Waals surface area contributed by atoms with Gasteiger partial charge in [0.2, 0.25) is 0 Å². The van der Waals surface area contributed by atoms with Gasteiger partial charge in [-0.05, 0) is 45.7 Å². The molecule has 0 aromatic heterocycles. The van der Waals surface area contributed by atoms with Gasteiger partial charge in [0.1, 0.15) is 5.67 Å². The van der Waals surface area contributed by atoms with Crippen LogP contribution in [0.5, 0.6) is 0 Å². The van der Waals surface area contributed by atoms with E-state index < -0.39 is 5.67 Å². The Balaban J connectivity index is 1.97. The Morgan fingerprint density at radius 2 is 2.00 bits per heavy atom. The highest BCUT2D eigenvalue weighted by Gasteiger charge is 2.42. The van der Waals surface area contributed by atoms with Crippen molar-refractivity contribution in [3.8, 4) is 0 Å². The second-order valence-electron chi connectivity index (χ2n) is 4.84. The molecule has 14 heavy (non-hydrogen) atoms. The van der Waals surface area contributed by atoms with Crippen molar-refractivity contribution >= 4 is 0 Å². The predicted octanol–water partition coefficient (Wildman–Crippen LogP) is 1.47. The SMILES string of the molecule is CC(F)(C1CCCNC1)C1CCCN1. The van der Waals surface area contributed by atoms with Gasteiger partial charge >= 0.3 is 0 Å². The molecule has 0 spiro atoms. The van der Waals surface area contributed by atoms with Crippen LogP contribution in [0.1, 0.15) is 32.6 Å². The first kappa shape index (κ1) is 10.4. The van der Waals surface area contributed by atoms with Crippen molar-refractivity contribution in [3.05, 3.63) is 0 Å². The molecule has 3 atom stereocenters. The van der Waals surface area contributed by atoms with Crippen LogP contribution >= 0.6 is 0 Å². The highest BCUT2D eigenvalue weighted by atomic mass is 19.1. The smallest absolute Gasteiger partial charge is 0.127 e. The molecule has 82 valence electrons. The minimum atomic E-state index is -1.02. The topological polar surface area (TPSA) is 24.1 Å². The Morgan fingerprint density at radius 3 is 2.57 bits per heavy atom. The Labute approximate surface area is 85.6 Å². The van der Waals surface area contributed by atoms with Gasteiger partial charge in [0, 0.05) is 18.5 Å². The summed E-state index contributed by atoms with van der Waals surface area (Å²) in [5, 5.41) is 6.59. The minimum Gasteiger partial charge on any atom is -0.316 e. The van der Waals surface area contributed by atoms with Crippen molar-refractivity contribution < 1.29 is 4.39 Å². The van der Waals surface area contributed by atoms with Gasteiger partial charge in [-0.2, -0.15) is 0 Å². The van der Waals surface area contributed by atoms with Gasteiger partial charge in [-0.25, -0.2) is 4.39 Å². The molecule has 0 amide bonds. The molecule has 2 fully saturated rings. The Morgan fingerprint density at radius 1 is 1.21 bits per heavy atom. The third-order valence-electron chi connectivity index (χ3n) is 3.84. The van der Waals surface area contributed by atoms with Crippen molar-refractivity contribution in [2.75, 3.05) is 19.6 Å². The molecule has 0 radical (unpaired) electrons. The fraction of sp³-hybridized carbons (Fsp3) is 1.00. The van der Waals surface area contributed by atoms with Crippen LogP contribution in [0, 0.1) is 5.92 Å². The molecule has 0 aliphatic carbocycles. The summed E-state index contributed by atoms with van der Waals surface area (Å²) in [6.45, 7) is 4.69. The monoisotopic (exact) mass is 200 g/mol. The number of nitrogens with one attached hydrogen (secondary N) is 2. The molecule has 2 nitrogen and oxygen atoms in total. The van der Waals surface area contributed by atoms with E-state index in [9.17, 15) is 4.39 Å². The van der Waals surface area contributed by atoms with Gasteiger partial charge in [-0.15, -0.1) is 0 Å². The normalized spacial score (nSPS) is 38.1. The average Bonchev–Trinajstić information content (AvgIpc) is 2.72. The summed E-state index contributed by atoms with van der Waals surface area (Å²) in [6.07, 6.45) is 4.29. The summed E-state index contributed by atoms with van der Waals surface area (Å²) < 4.78 is 14.6. The number of rotatable bonds is 2. The van der Waals surface area contributed by atoms with Crippen molar-refractivity contribution in [2.45, 2.75) is 44.3 Å². The molecule has 0 bridgehead atoms. The van der Waals surface area contributed by atoms with E-state index in [-0.39, 0.29) is 12.0 Å². The van der Waals surface area contributed by atoms with Crippen LogP contribution in [0.25, 0.3) is 0 Å². The van der Waals surface area contributed by atoms with Crippen LogP contribution in [0.2, 0.25) is 0 Å². The molecule has 2 rings (SSSR count). The molecule has 3 unspecified atom stereocenters. The van der Waals surface area contributed by atoms with E-state index >= 15 is 0 Å². The number of halogens is 1. The van der Waals surface area contributed by atoms with Gasteiger partial charge in [0.05, 0.1) is 0 Å². The number of piperidine rings is 1. The highest BCUT2D eigenvalue weighted by Crippen LogP contribution is 2.34. The lowest BCUT2D eigenvalue weighted by Crippen LogP contribution is -2.51. The van der Waals surface area contributed by atoms with Gasteiger partial charge in [-0.3, -0.25) is 0 Å². The van der Waals surface area contributed by atoms with Crippen LogP contribution in [0.4, 0.5) is 4.39 Å². The maximum absolute atomic E-state index is 14.6. The van der Waals surface area contributed by atoms with Crippen LogP contribution in [0.15, 0.2) is 0 Å². The van der Waals surface area contributed by atoms with E-state index in [1.807, 2.05) is 0 Å². The molecule has 2 N–H and O–H groups in total. The molecule has 0 saturated carbocycles. The predicted molar refractivity (Wildman–Crippen MR) is 56.1 cm³/mol. The number of hydrogen-bond acceptors (Lipinski definition) is 2. The van der Waals surface area contributed by atoms with Gasteiger partial charge < -0.3 is 10.6 Å². The Bertz CT molecular complexity index is 182. The second kappa shape index (κ2) is 4.15. The average molecular weight is 200 g/mol. The highest BCUT2D eigenvalue weighted by molar-refractivity contribution is 4.98. The van der Waals surface area contributed by atoms with Crippen LogP contribution in [-0.2, 0) is 0 Å². The zero-order chi connectivity index (χ0) is 10.0. The summed E-state index contributed by atoms with van der Waals surface area (Å²) in [5.74, 6) is 0.201. The minimum absolute atomic E-state index is 0.0902. The Hall–Kier alpha value is -0.150. The maximum atomic E-state index is 14.6. The van der Waals surface area contributed by atoms with Crippen LogP contribution in [0.3, 0.4) is 0 Å². The van der Waals surface area contributed by atoms with Crippen molar-refractivity contribution in [2.24, 2.45) is 5.92 Å². The molecule has 3 heteroatoms. The summed E-state index contributed by atoms with van der Waals surface area (Å²) in [5.41, 5.74) is -1.02. The standard InChI is InChI=1S/C11H21FN2/c1-11(12,10-5-3-7-14-10)9-4-2-6-13-8-9/h9-10,13-14H,2-8H2,1H3. The number of alkyl halides is 1. The second-order valence-corrected chi connectivity index (χ2v) is 4.84. The van der Waals surface area contributed by atoms with E-state index in [1.54, 1.807) is 6.92 Å². The van der Waals surface area contributed by atoms with E-state index in [0.29, 0.717) is 0 Å². The third kappa shape index (κ3) is 1.94. The molecule has 2 aliphatic heterocycles. The van der Waals surface area contributed by atoms with Gasteiger partial charge in [0.25, 0.3) is 0 Å². The largest absolute Gasteiger partial charge is 0.316 e. The molecule has 0 aromatic rings.